The van der Waals surface area contributed by atoms with E-state index >= 15 is 0 Å². The minimum atomic E-state index is -0.253. The summed E-state index contributed by atoms with van der Waals surface area (Å²) in [5.74, 6) is -0.253. The van der Waals surface area contributed by atoms with Gasteiger partial charge in [-0.1, -0.05) is 6.07 Å². The molecular weight excluding hydrogens is 287 g/mol. The Bertz CT molecular complexity index is 402. The summed E-state index contributed by atoms with van der Waals surface area (Å²) in [6.07, 6.45) is -0.0747. The molecule has 3 nitrogen and oxygen atoms in total. The number of likely N-dealkylation sites (N-methyl/N-ethyl adjacent to an activating group) is 1. The molecule has 0 radical (unpaired) electrons. The molecule has 0 bridgehead atoms. The van der Waals surface area contributed by atoms with Gasteiger partial charge in [0.05, 0.1) is 23.2 Å². The van der Waals surface area contributed by atoms with Crippen LogP contribution in [-0.4, -0.2) is 37.7 Å². The van der Waals surface area contributed by atoms with Crippen LogP contribution in [0, 0.1) is 5.82 Å². The quantitative estimate of drug-likeness (QED) is 0.907. The monoisotopic (exact) mass is 302 g/mol. The molecule has 5 heteroatoms. The highest BCUT2D eigenvalue weighted by atomic mass is 79.9. The number of halogens is 2. The first-order chi connectivity index (χ1) is 8.13. The van der Waals surface area contributed by atoms with Crippen molar-refractivity contribution in [1.29, 1.82) is 0 Å². The van der Waals surface area contributed by atoms with E-state index in [1.807, 2.05) is 13.1 Å². The highest BCUT2D eigenvalue weighted by molar-refractivity contribution is 9.10. The number of morpholine rings is 1. The Balaban J connectivity index is 2.31. The van der Waals surface area contributed by atoms with Crippen molar-refractivity contribution in [3.63, 3.8) is 0 Å². The highest BCUT2D eigenvalue weighted by Gasteiger charge is 2.30. The number of hydrogen-bond acceptors (Lipinski definition) is 3. The maximum absolute atomic E-state index is 13.6. The lowest BCUT2D eigenvalue weighted by Crippen LogP contribution is -2.46. The molecule has 1 aliphatic rings. The third-order valence-electron chi connectivity index (χ3n) is 3.12. The summed E-state index contributed by atoms with van der Waals surface area (Å²) in [6, 6.07) is 5.20. The van der Waals surface area contributed by atoms with Crippen molar-refractivity contribution in [2.24, 2.45) is 5.73 Å². The molecule has 94 valence electrons. The molecule has 2 N–H and O–H groups in total. The van der Waals surface area contributed by atoms with Crippen LogP contribution in [0.3, 0.4) is 0 Å². The van der Waals surface area contributed by atoms with Gasteiger partial charge in [-0.3, -0.25) is 4.90 Å². The fourth-order valence-electron chi connectivity index (χ4n) is 2.22. The third kappa shape index (κ3) is 2.68. The van der Waals surface area contributed by atoms with Crippen molar-refractivity contribution in [1.82, 2.24) is 4.90 Å². The second-order valence-electron chi connectivity index (χ2n) is 4.24. The van der Waals surface area contributed by atoms with Crippen LogP contribution in [0.5, 0.6) is 0 Å². The Morgan fingerprint density at radius 2 is 2.35 bits per heavy atom. The van der Waals surface area contributed by atoms with E-state index < -0.39 is 0 Å². The first-order valence-electron chi connectivity index (χ1n) is 5.60. The third-order valence-corrected chi connectivity index (χ3v) is 3.76. The van der Waals surface area contributed by atoms with E-state index in [0.29, 0.717) is 17.6 Å². The molecule has 2 rings (SSSR count). The molecule has 1 heterocycles. The number of benzene rings is 1. The van der Waals surface area contributed by atoms with E-state index in [4.69, 9.17) is 10.5 Å². The smallest absolute Gasteiger partial charge is 0.137 e. The summed E-state index contributed by atoms with van der Waals surface area (Å²) < 4.78 is 19.7. The molecule has 0 amide bonds. The number of ether oxygens (including phenoxy) is 1. The second-order valence-corrected chi connectivity index (χ2v) is 5.10. The largest absolute Gasteiger partial charge is 0.374 e. The van der Waals surface area contributed by atoms with Crippen LogP contribution in [0.1, 0.15) is 11.6 Å². The van der Waals surface area contributed by atoms with Crippen LogP contribution in [0.15, 0.2) is 22.7 Å². The molecule has 1 fully saturated rings. The maximum Gasteiger partial charge on any atom is 0.137 e. The summed E-state index contributed by atoms with van der Waals surface area (Å²) in [5, 5.41) is 0. The molecular formula is C12H16BrFN2O. The molecule has 1 aromatic carbocycles. The first-order valence-corrected chi connectivity index (χ1v) is 6.39. The molecule has 0 spiro atoms. The zero-order valence-electron chi connectivity index (χ0n) is 9.70. The van der Waals surface area contributed by atoms with E-state index in [0.717, 1.165) is 12.1 Å². The van der Waals surface area contributed by atoms with Gasteiger partial charge in [0.15, 0.2) is 0 Å². The van der Waals surface area contributed by atoms with Crippen LogP contribution in [-0.2, 0) is 4.74 Å². The van der Waals surface area contributed by atoms with Gasteiger partial charge in [-0.05, 0) is 40.7 Å². The Kier molecular flexibility index (Phi) is 4.14. The fraction of sp³-hybridized carbons (Fsp3) is 0.500. The summed E-state index contributed by atoms with van der Waals surface area (Å²) in [5.41, 5.74) is 6.61. The van der Waals surface area contributed by atoms with Gasteiger partial charge >= 0.3 is 0 Å². The van der Waals surface area contributed by atoms with Gasteiger partial charge in [0, 0.05) is 13.1 Å². The van der Waals surface area contributed by atoms with Crippen molar-refractivity contribution in [2.75, 3.05) is 26.7 Å². The number of hydrogen-bond donors (Lipinski definition) is 1. The van der Waals surface area contributed by atoms with E-state index in [9.17, 15) is 4.39 Å². The van der Waals surface area contributed by atoms with Gasteiger partial charge in [0.2, 0.25) is 0 Å². The summed E-state index contributed by atoms with van der Waals surface area (Å²) in [6.45, 7) is 1.94. The van der Waals surface area contributed by atoms with Crippen molar-refractivity contribution >= 4 is 15.9 Å². The summed E-state index contributed by atoms with van der Waals surface area (Å²) >= 11 is 3.16. The van der Waals surface area contributed by atoms with Crippen molar-refractivity contribution in [2.45, 2.75) is 12.1 Å². The first kappa shape index (κ1) is 13.0. The Hall–Kier alpha value is -0.490. The number of nitrogens with two attached hydrogens (primary N) is 1. The van der Waals surface area contributed by atoms with E-state index in [-0.39, 0.29) is 18.0 Å². The highest BCUT2D eigenvalue weighted by Crippen LogP contribution is 2.29. The maximum atomic E-state index is 13.6. The number of nitrogens with zero attached hydrogens (tertiary/aromatic N) is 1. The minimum Gasteiger partial charge on any atom is -0.374 e. The molecule has 2 atom stereocenters. The molecule has 1 aromatic rings. The molecule has 2 unspecified atom stereocenters. The van der Waals surface area contributed by atoms with Crippen LogP contribution in [0.2, 0.25) is 0 Å². The van der Waals surface area contributed by atoms with E-state index in [2.05, 4.69) is 20.8 Å². The van der Waals surface area contributed by atoms with Crippen molar-refractivity contribution in [3.05, 3.63) is 34.1 Å². The zero-order chi connectivity index (χ0) is 12.4. The molecule has 0 aromatic heterocycles. The molecule has 17 heavy (non-hydrogen) atoms. The van der Waals surface area contributed by atoms with E-state index in [1.54, 1.807) is 12.1 Å². The van der Waals surface area contributed by atoms with Gasteiger partial charge in [-0.25, -0.2) is 4.39 Å². The van der Waals surface area contributed by atoms with Gasteiger partial charge in [0.1, 0.15) is 5.82 Å². The topological polar surface area (TPSA) is 38.5 Å². The normalized spacial score (nSPS) is 26.1. The van der Waals surface area contributed by atoms with Gasteiger partial charge in [-0.15, -0.1) is 0 Å². The lowest BCUT2D eigenvalue weighted by molar-refractivity contribution is -0.0577. The summed E-state index contributed by atoms with van der Waals surface area (Å²) in [4.78, 5) is 2.16. The van der Waals surface area contributed by atoms with Crippen LogP contribution in [0.25, 0.3) is 0 Å². The Morgan fingerprint density at radius 1 is 1.59 bits per heavy atom. The van der Waals surface area contributed by atoms with Gasteiger partial charge < -0.3 is 10.5 Å². The average molecular weight is 303 g/mol. The minimum absolute atomic E-state index is 0.0244. The Morgan fingerprint density at radius 3 is 3.00 bits per heavy atom. The van der Waals surface area contributed by atoms with Crippen molar-refractivity contribution in [3.8, 4) is 0 Å². The average Bonchev–Trinajstić information content (AvgIpc) is 2.32. The standard InChI is InChI=1S/C12H16BrFN2O/c1-16-4-5-17-11(7-15)12(16)8-2-3-9(13)10(14)6-8/h2-3,6,11-12H,4-5,7,15H2,1H3. The lowest BCUT2D eigenvalue weighted by atomic mass is 9.98. The SMILES string of the molecule is CN1CCOC(CN)C1c1ccc(Br)c(F)c1. The fourth-order valence-corrected chi connectivity index (χ4v) is 2.47. The molecule has 0 saturated carbocycles. The second kappa shape index (κ2) is 5.44. The predicted molar refractivity (Wildman–Crippen MR) is 68.3 cm³/mol. The molecule has 1 aliphatic heterocycles. The Labute approximate surface area is 109 Å². The van der Waals surface area contributed by atoms with Gasteiger partial charge in [0.25, 0.3) is 0 Å². The van der Waals surface area contributed by atoms with Crippen LogP contribution in [0.4, 0.5) is 4.39 Å². The lowest BCUT2D eigenvalue weighted by Gasteiger charge is -2.39. The molecule has 0 aliphatic carbocycles. The zero-order valence-corrected chi connectivity index (χ0v) is 11.3. The van der Waals surface area contributed by atoms with Crippen LogP contribution >= 0.6 is 15.9 Å². The summed E-state index contributed by atoms with van der Waals surface area (Å²) in [7, 11) is 2.01. The van der Waals surface area contributed by atoms with Gasteiger partial charge in [-0.2, -0.15) is 0 Å². The van der Waals surface area contributed by atoms with Crippen molar-refractivity contribution < 1.29 is 9.13 Å². The molecule has 1 saturated heterocycles. The predicted octanol–water partition coefficient (Wildman–Crippen LogP) is 1.92. The number of rotatable bonds is 2. The van der Waals surface area contributed by atoms with E-state index in [1.165, 1.54) is 0 Å². The van der Waals surface area contributed by atoms with Crippen LogP contribution < -0.4 is 5.73 Å².